The number of nitrogens with one attached hydrogen (secondary N) is 1. The summed E-state index contributed by atoms with van der Waals surface area (Å²) < 4.78 is 0. The van der Waals surface area contributed by atoms with Gasteiger partial charge in [0.05, 0.1) is 6.10 Å². The maximum absolute atomic E-state index is 9.93. The van der Waals surface area contributed by atoms with Crippen LogP contribution < -0.4 is 5.32 Å². The number of nitriles is 2. The van der Waals surface area contributed by atoms with Gasteiger partial charge in [-0.2, -0.15) is 10.5 Å². The first kappa shape index (κ1) is 14.5. The van der Waals surface area contributed by atoms with E-state index in [0.717, 1.165) is 19.3 Å². The third-order valence-electron chi connectivity index (χ3n) is 3.44. The fraction of sp³-hybridized carbons (Fsp3) is 0.714. The molecule has 0 radical (unpaired) electrons. The number of aliphatic hydroxyl groups is 1. The van der Waals surface area contributed by atoms with Crippen molar-refractivity contribution in [1.82, 2.24) is 5.32 Å². The first-order chi connectivity index (χ1) is 8.30. The van der Waals surface area contributed by atoms with Crippen LogP contribution in [0.2, 0.25) is 0 Å². The number of aliphatic hydroxyl groups excluding tert-OH is 1. The predicted molar refractivity (Wildman–Crippen MR) is 69.1 cm³/mol. The summed E-state index contributed by atoms with van der Waals surface area (Å²) in [7, 11) is 0. The summed E-state index contributed by atoms with van der Waals surface area (Å²) in [6, 6.07) is 3.63. The Morgan fingerprint density at radius 1 is 1.33 bits per heavy atom. The molecule has 0 aliphatic heterocycles. The molecule has 4 nitrogen and oxygen atoms in total. The topological polar surface area (TPSA) is 79.8 Å². The summed E-state index contributed by atoms with van der Waals surface area (Å²) in [5.41, 5.74) is 0.202. The lowest BCUT2D eigenvalue weighted by molar-refractivity contribution is -0.00739. The van der Waals surface area contributed by atoms with E-state index in [1.165, 1.54) is 6.20 Å². The van der Waals surface area contributed by atoms with Crippen molar-refractivity contribution in [3.63, 3.8) is 0 Å². The highest BCUT2D eigenvalue weighted by atomic mass is 16.3. The minimum Gasteiger partial charge on any atom is -0.393 e. The average molecular weight is 247 g/mol. The fourth-order valence-corrected chi connectivity index (χ4v) is 3.20. The molecule has 0 aromatic carbocycles. The zero-order chi connectivity index (χ0) is 13.8. The van der Waals surface area contributed by atoms with Crippen LogP contribution in [0.25, 0.3) is 0 Å². The van der Waals surface area contributed by atoms with E-state index in [9.17, 15) is 5.11 Å². The number of hydrogen-bond acceptors (Lipinski definition) is 4. The van der Waals surface area contributed by atoms with Gasteiger partial charge in [0.2, 0.25) is 0 Å². The van der Waals surface area contributed by atoms with E-state index in [0.29, 0.717) is 6.54 Å². The zero-order valence-corrected chi connectivity index (χ0v) is 11.3. The Bertz CT molecular complexity index is 398. The standard InChI is InChI=1S/C14H21N3O/c1-13(2)4-12(18)5-14(3,9-13)10-17-8-11(6-15)7-16/h8,12,17-18H,4-5,9-10H2,1-3H3. The van der Waals surface area contributed by atoms with Crippen molar-refractivity contribution in [2.24, 2.45) is 10.8 Å². The molecule has 4 heteroatoms. The lowest BCUT2D eigenvalue weighted by atomic mass is 9.63. The van der Waals surface area contributed by atoms with E-state index < -0.39 is 0 Å². The van der Waals surface area contributed by atoms with Gasteiger partial charge in [-0.05, 0) is 30.1 Å². The molecule has 1 fully saturated rings. The Hall–Kier alpha value is -1.52. The number of rotatable bonds is 3. The molecule has 0 aromatic rings. The summed E-state index contributed by atoms with van der Waals surface area (Å²) >= 11 is 0. The smallest absolute Gasteiger partial charge is 0.145 e. The molecule has 0 aromatic heterocycles. The van der Waals surface area contributed by atoms with Crippen molar-refractivity contribution in [2.75, 3.05) is 6.54 Å². The first-order valence-corrected chi connectivity index (χ1v) is 6.22. The SMILES string of the molecule is CC1(C)CC(O)CC(C)(CNC=C(C#N)C#N)C1. The molecule has 2 atom stereocenters. The Labute approximate surface area is 109 Å². The van der Waals surface area contributed by atoms with Gasteiger partial charge in [0.25, 0.3) is 0 Å². The largest absolute Gasteiger partial charge is 0.393 e. The average Bonchev–Trinajstić information content (AvgIpc) is 2.20. The molecule has 1 saturated carbocycles. The minimum absolute atomic E-state index is 0.00626. The van der Waals surface area contributed by atoms with Crippen LogP contribution in [0.4, 0.5) is 0 Å². The van der Waals surface area contributed by atoms with E-state index in [-0.39, 0.29) is 22.5 Å². The quantitative estimate of drug-likeness (QED) is 0.748. The second kappa shape index (κ2) is 5.42. The summed E-state index contributed by atoms with van der Waals surface area (Å²) in [4.78, 5) is 0. The zero-order valence-electron chi connectivity index (χ0n) is 11.3. The fourth-order valence-electron chi connectivity index (χ4n) is 3.20. The second-order valence-corrected chi connectivity index (χ2v) is 6.38. The molecular formula is C14H21N3O. The normalized spacial score (nSPS) is 29.8. The third-order valence-corrected chi connectivity index (χ3v) is 3.44. The van der Waals surface area contributed by atoms with Gasteiger partial charge in [-0.3, -0.25) is 0 Å². The van der Waals surface area contributed by atoms with Crippen molar-refractivity contribution < 1.29 is 5.11 Å². The van der Waals surface area contributed by atoms with Crippen molar-refractivity contribution in [3.8, 4) is 12.1 Å². The van der Waals surface area contributed by atoms with Gasteiger partial charge < -0.3 is 10.4 Å². The summed E-state index contributed by atoms with van der Waals surface area (Å²) in [6.45, 7) is 7.13. The first-order valence-electron chi connectivity index (χ1n) is 6.22. The lowest BCUT2D eigenvalue weighted by Crippen LogP contribution is -2.43. The Morgan fingerprint density at radius 3 is 2.44 bits per heavy atom. The van der Waals surface area contributed by atoms with Gasteiger partial charge in [-0.1, -0.05) is 20.8 Å². The van der Waals surface area contributed by atoms with Crippen molar-refractivity contribution in [1.29, 1.82) is 10.5 Å². The highest BCUT2D eigenvalue weighted by Gasteiger charge is 2.40. The van der Waals surface area contributed by atoms with E-state index >= 15 is 0 Å². The molecule has 1 aliphatic rings. The van der Waals surface area contributed by atoms with Gasteiger partial charge in [-0.25, -0.2) is 0 Å². The molecule has 2 unspecified atom stereocenters. The van der Waals surface area contributed by atoms with E-state index in [4.69, 9.17) is 10.5 Å². The lowest BCUT2D eigenvalue weighted by Gasteiger charge is -2.45. The molecule has 1 rings (SSSR count). The molecule has 98 valence electrons. The van der Waals surface area contributed by atoms with Crippen LogP contribution in [0, 0.1) is 33.5 Å². The number of allylic oxidation sites excluding steroid dienone is 1. The monoisotopic (exact) mass is 247 g/mol. The van der Waals surface area contributed by atoms with Crippen LogP contribution in [0.15, 0.2) is 11.8 Å². The summed E-state index contributed by atoms with van der Waals surface area (Å²) in [5.74, 6) is 0. The maximum Gasteiger partial charge on any atom is 0.145 e. The molecule has 0 saturated heterocycles. The molecule has 18 heavy (non-hydrogen) atoms. The maximum atomic E-state index is 9.93. The number of nitrogens with zero attached hydrogens (tertiary/aromatic N) is 2. The molecule has 0 heterocycles. The molecule has 1 aliphatic carbocycles. The predicted octanol–water partition coefficient (Wildman–Crippen LogP) is 2.08. The molecular weight excluding hydrogens is 226 g/mol. The van der Waals surface area contributed by atoms with Crippen molar-refractivity contribution in [2.45, 2.75) is 46.1 Å². The number of hydrogen-bond donors (Lipinski definition) is 2. The highest BCUT2D eigenvalue weighted by molar-refractivity contribution is 5.34. The summed E-state index contributed by atoms with van der Waals surface area (Å²) in [6.07, 6.45) is 3.80. The second-order valence-electron chi connectivity index (χ2n) is 6.38. The Balaban J connectivity index is 2.63. The molecule has 0 amide bonds. The highest BCUT2D eigenvalue weighted by Crippen LogP contribution is 2.45. The van der Waals surface area contributed by atoms with E-state index in [2.05, 4.69) is 26.1 Å². The van der Waals surface area contributed by atoms with Gasteiger partial charge in [0.1, 0.15) is 17.7 Å². The molecule has 0 spiro atoms. The van der Waals surface area contributed by atoms with Crippen LogP contribution in [0.3, 0.4) is 0 Å². The van der Waals surface area contributed by atoms with Crippen LogP contribution in [0.1, 0.15) is 40.0 Å². The van der Waals surface area contributed by atoms with Crippen molar-refractivity contribution >= 4 is 0 Å². The Morgan fingerprint density at radius 2 is 1.94 bits per heavy atom. The van der Waals surface area contributed by atoms with Gasteiger partial charge in [0, 0.05) is 12.7 Å². The van der Waals surface area contributed by atoms with Gasteiger partial charge >= 0.3 is 0 Å². The Kier molecular flexibility index (Phi) is 4.38. The van der Waals surface area contributed by atoms with Crippen LogP contribution in [-0.2, 0) is 0 Å². The van der Waals surface area contributed by atoms with E-state index in [1.54, 1.807) is 0 Å². The molecule has 2 N–H and O–H groups in total. The molecule has 0 bridgehead atoms. The van der Waals surface area contributed by atoms with E-state index in [1.807, 2.05) is 12.1 Å². The summed E-state index contributed by atoms with van der Waals surface area (Å²) in [5, 5.41) is 30.2. The van der Waals surface area contributed by atoms with Crippen LogP contribution >= 0.6 is 0 Å². The minimum atomic E-state index is -0.268. The van der Waals surface area contributed by atoms with Crippen LogP contribution in [0.5, 0.6) is 0 Å². The van der Waals surface area contributed by atoms with Crippen LogP contribution in [-0.4, -0.2) is 17.8 Å². The van der Waals surface area contributed by atoms with Crippen molar-refractivity contribution in [3.05, 3.63) is 11.8 Å². The third kappa shape index (κ3) is 4.05. The van der Waals surface area contributed by atoms with Gasteiger partial charge in [-0.15, -0.1) is 0 Å². The van der Waals surface area contributed by atoms with Gasteiger partial charge in [0.15, 0.2) is 0 Å².